The molecule has 0 radical (unpaired) electrons. The molecule has 0 amide bonds. The highest BCUT2D eigenvalue weighted by Crippen LogP contribution is 2.17. The highest BCUT2D eigenvalue weighted by Gasteiger charge is 2.21. The molecular weight excluding hydrogens is 280 g/mol. The summed E-state index contributed by atoms with van der Waals surface area (Å²) < 4.78 is 1.69. The molecule has 0 spiro atoms. The van der Waals surface area contributed by atoms with Gasteiger partial charge in [-0.25, -0.2) is 9.78 Å². The molecule has 22 heavy (non-hydrogen) atoms. The maximum atomic E-state index is 12.5. The van der Waals surface area contributed by atoms with E-state index in [-0.39, 0.29) is 5.56 Å². The third kappa shape index (κ3) is 2.26. The van der Waals surface area contributed by atoms with Crippen molar-refractivity contribution in [2.24, 2.45) is 7.05 Å². The van der Waals surface area contributed by atoms with Gasteiger partial charge in [-0.2, -0.15) is 0 Å². The number of rotatable bonds is 3. The second-order valence-corrected chi connectivity index (χ2v) is 5.05. The van der Waals surface area contributed by atoms with Crippen LogP contribution in [0.4, 0.5) is 0 Å². The van der Waals surface area contributed by atoms with Crippen molar-refractivity contribution in [2.75, 3.05) is 0 Å². The fourth-order valence-corrected chi connectivity index (χ4v) is 2.62. The molecule has 0 saturated carbocycles. The van der Waals surface area contributed by atoms with Gasteiger partial charge in [-0.05, 0) is 17.7 Å². The molecule has 0 aliphatic carbocycles. The molecule has 0 fully saturated rings. The molecule has 2 aromatic heterocycles. The predicted octanol–water partition coefficient (Wildman–Crippen LogP) is 2.22. The van der Waals surface area contributed by atoms with Crippen molar-refractivity contribution in [3.8, 4) is 0 Å². The number of aryl methyl sites for hydroxylation is 1. The zero-order valence-corrected chi connectivity index (χ0v) is 12.0. The SMILES string of the molecule is Cn1c(Cc2ccccc2)c(C(=O)O)c(=O)c2cccnc21. The molecule has 110 valence electrons. The monoisotopic (exact) mass is 294 g/mol. The van der Waals surface area contributed by atoms with Gasteiger partial charge in [-0.3, -0.25) is 4.79 Å². The van der Waals surface area contributed by atoms with Crippen LogP contribution in [0.25, 0.3) is 11.0 Å². The van der Waals surface area contributed by atoms with E-state index in [0.29, 0.717) is 23.1 Å². The molecule has 1 aromatic carbocycles. The molecule has 0 aliphatic heterocycles. The lowest BCUT2D eigenvalue weighted by molar-refractivity contribution is 0.0693. The number of nitrogens with zero attached hydrogens (tertiary/aromatic N) is 2. The van der Waals surface area contributed by atoms with E-state index in [2.05, 4.69) is 4.98 Å². The first kappa shape index (κ1) is 14.0. The Labute approximate surface area is 126 Å². The molecular formula is C17H14N2O3. The average molecular weight is 294 g/mol. The number of fused-ring (bicyclic) bond motifs is 1. The number of pyridine rings is 2. The van der Waals surface area contributed by atoms with Crippen LogP contribution in [0, 0.1) is 0 Å². The van der Waals surface area contributed by atoms with Crippen molar-refractivity contribution < 1.29 is 9.90 Å². The van der Waals surface area contributed by atoms with Crippen molar-refractivity contribution in [1.82, 2.24) is 9.55 Å². The number of carboxylic acids is 1. The molecule has 3 aromatic rings. The zero-order chi connectivity index (χ0) is 15.7. The van der Waals surface area contributed by atoms with Gasteiger partial charge in [0.05, 0.1) is 5.39 Å². The van der Waals surface area contributed by atoms with E-state index in [1.165, 1.54) is 0 Å². The summed E-state index contributed by atoms with van der Waals surface area (Å²) in [6.45, 7) is 0. The molecule has 1 N–H and O–H groups in total. The van der Waals surface area contributed by atoms with E-state index in [9.17, 15) is 14.7 Å². The number of carbonyl (C=O) groups is 1. The number of benzene rings is 1. The van der Waals surface area contributed by atoms with E-state index in [1.807, 2.05) is 30.3 Å². The Morgan fingerprint density at radius 1 is 1.18 bits per heavy atom. The maximum Gasteiger partial charge on any atom is 0.341 e. The van der Waals surface area contributed by atoms with Gasteiger partial charge in [0, 0.05) is 25.4 Å². The third-order valence-corrected chi connectivity index (χ3v) is 3.70. The fraction of sp³-hybridized carbons (Fsp3) is 0.118. The van der Waals surface area contributed by atoms with Crippen LogP contribution in [0.5, 0.6) is 0 Å². The summed E-state index contributed by atoms with van der Waals surface area (Å²) in [4.78, 5) is 28.3. The Bertz CT molecular complexity index is 914. The average Bonchev–Trinajstić information content (AvgIpc) is 2.53. The second-order valence-electron chi connectivity index (χ2n) is 5.05. The lowest BCUT2D eigenvalue weighted by atomic mass is 10.0. The first-order valence-electron chi connectivity index (χ1n) is 6.83. The predicted molar refractivity (Wildman–Crippen MR) is 83.2 cm³/mol. The zero-order valence-electron chi connectivity index (χ0n) is 12.0. The van der Waals surface area contributed by atoms with Crippen molar-refractivity contribution in [3.05, 3.63) is 75.7 Å². The standard InChI is InChI=1S/C17H14N2O3/c1-19-13(10-11-6-3-2-4-7-11)14(17(21)22)15(20)12-8-5-9-18-16(12)19/h2-9H,10H2,1H3,(H,21,22). The lowest BCUT2D eigenvalue weighted by Gasteiger charge is -2.14. The summed E-state index contributed by atoms with van der Waals surface area (Å²) in [6.07, 6.45) is 1.95. The maximum absolute atomic E-state index is 12.5. The van der Waals surface area contributed by atoms with Crippen LogP contribution < -0.4 is 5.43 Å². The number of hydrogen-bond donors (Lipinski definition) is 1. The summed E-state index contributed by atoms with van der Waals surface area (Å²) in [7, 11) is 1.74. The Hall–Kier alpha value is -2.95. The van der Waals surface area contributed by atoms with Crippen molar-refractivity contribution in [1.29, 1.82) is 0 Å². The molecule has 5 nitrogen and oxygen atoms in total. The van der Waals surface area contributed by atoms with Crippen LogP contribution in [-0.4, -0.2) is 20.6 Å². The van der Waals surface area contributed by atoms with Crippen molar-refractivity contribution >= 4 is 17.0 Å². The Balaban J connectivity index is 2.32. The van der Waals surface area contributed by atoms with Gasteiger partial charge in [-0.1, -0.05) is 30.3 Å². The van der Waals surface area contributed by atoms with Gasteiger partial charge in [0.2, 0.25) is 5.43 Å². The number of carboxylic acid groups (broad SMARTS) is 1. The van der Waals surface area contributed by atoms with Crippen LogP contribution in [0.2, 0.25) is 0 Å². The third-order valence-electron chi connectivity index (χ3n) is 3.70. The molecule has 0 unspecified atom stereocenters. The van der Waals surface area contributed by atoms with Crippen molar-refractivity contribution in [3.63, 3.8) is 0 Å². The minimum atomic E-state index is -1.21. The highest BCUT2D eigenvalue weighted by molar-refractivity contribution is 5.93. The quantitative estimate of drug-likeness (QED) is 0.804. The Morgan fingerprint density at radius 3 is 2.59 bits per heavy atom. The van der Waals surface area contributed by atoms with E-state index in [4.69, 9.17) is 0 Å². The largest absolute Gasteiger partial charge is 0.477 e. The summed E-state index contributed by atoms with van der Waals surface area (Å²) in [6, 6.07) is 12.7. The fourth-order valence-electron chi connectivity index (χ4n) is 2.62. The molecule has 0 bridgehead atoms. The van der Waals surface area contributed by atoms with Gasteiger partial charge in [0.15, 0.2) is 0 Å². The van der Waals surface area contributed by atoms with E-state index in [1.54, 1.807) is 29.9 Å². The Kier molecular flexibility index (Phi) is 3.47. The van der Waals surface area contributed by atoms with Crippen LogP contribution in [0.3, 0.4) is 0 Å². The van der Waals surface area contributed by atoms with Crippen LogP contribution in [0.1, 0.15) is 21.6 Å². The molecule has 3 rings (SSSR count). The van der Waals surface area contributed by atoms with E-state index >= 15 is 0 Å². The molecule has 5 heteroatoms. The van der Waals surface area contributed by atoms with Gasteiger partial charge in [-0.15, -0.1) is 0 Å². The topological polar surface area (TPSA) is 72.2 Å². The highest BCUT2D eigenvalue weighted by atomic mass is 16.4. The Morgan fingerprint density at radius 2 is 1.91 bits per heavy atom. The molecule has 0 atom stereocenters. The van der Waals surface area contributed by atoms with Gasteiger partial charge in [0.25, 0.3) is 0 Å². The minimum absolute atomic E-state index is 0.188. The number of hydrogen-bond acceptors (Lipinski definition) is 3. The smallest absolute Gasteiger partial charge is 0.341 e. The van der Waals surface area contributed by atoms with Gasteiger partial charge in [0.1, 0.15) is 11.2 Å². The van der Waals surface area contributed by atoms with Crippen LogP contribution in [0.15, 0.2) is 53.5 Å². The van der Waals surface area contributed by atoms with E-state index < -0.39 is 11.4 Å². The second kappa shape index (κ2) is 5.44. The first-order valence-corrected chi connectivity index (χ1v) is 6.83. The molecule has 0 aliphatic rings. The summed E-state index contributed by atoms with van der Waals surface area (Å²) in [5.74, 6) is -1.21. The number of aromatic carboxylic acids is 1. The van der Waals surface area contributed by atoms with Crippen LogP contribution >= 0.6 is 0 Å². The van der Waals surface area contributed by atoms with Gasteiger partial charge >= 0.3 is 5.97 Å². The van der Waals surface area contributed by atoms with Crippen LogP contribution in [-0.2, 0) is 13.5 Å². The van der Waals surface area contributed by atoms with Gasteiger partial charge < -0.3 is 9.67 Å². The number of aromatic nitrogens is 2. The van der Waals surface area contributed by atoms with Crippen molar-refractivity contribution in [2.45, 2.75) is 6.42 Å². The normalized spacial score (nSPS) is 10.8. The summed E-state index contributed by atoms with van der Waals surface area (Å²) in [5, 5.41) is 9.79. The minimum Gasteiger partial charge on any atom is -0.477 e. The summed E-state index contributed by atoms with van der Waals surface area (Å²) in [5.41, 5.74) is 1.21. The molecule has 2 heterocycles. The summed E-state index contributed by atoms with van der Waals surface area (Å²) >= 11 is 0. The lowest BCUT2D eigenvalue weighted by Crippen LogP contribution is -2.24. The van der Waals surface area contributed by atoms with E-state index in [0.717, 1.165) is 5.56 Å². The molecule has 0 saturated heterocycles. The first-order chi connectivity index (χ1) is 10.6.